The number of aromatic nitrogens is 1. The van der Waals surface area contributed by atoms with Crippen molar-refractivity contribution in [3.05, 3.63) is 108 Å². The van der Waals surface area contributed by atoms with Gasteiger partial charge in [-0.2, -0.15) is 0 Å². The van der Waals surface area contributed by atoms with E-state index in [1.54, 1.807) is 7.11 Å². The Morgan fingerprint density at radius 2 is 1.61 bits per heavy atom. The van der Waals surface area contributed by atoms with Crippen LogP contribution in [0.2, 0.25) is 0 Å². The predicted octanol–water partition coefficient (Wildman–Crippen LogP) is 5.43. The number of carbonyl (C=O) groups is 1. The molecular weight excluding hydrogens is 384 g/mol. The molecule has 0 bridgehead atoms. The van der Waals surface area contributed by atoms with Crippen molar-refractivity contribution >= 4 is 5.91 Å². The molecule has 0 radical (unpaired) electrons. The van der Waals surface area contributed by atoms with E-state index in [0.29, 0.717) is 12.1 Å². The van der Waals surface area contributed by atoms with Crippen molar-refractivity contribution in [3.63, 3.8) is 0 Å². The van der Waals surface area contributed by atoms with E-state index in [2.05, 4.69) is 22.0 Å². The molecule has 1 N–H and O–H groups in total. The Kier molecular flexibility index (Phi) is 6.18. The van der Waals surface area contributed by atoms with Crippen molar-refractivity contribution < 1.29 is 9.53 Å². The van der Waals surface area contributed by atoms with E-state index >= 15 is 0 Å². The molecule has 0 aliphatic rings. The Bertz CT molecular complexity index is 1160. The third kappa shape index (κ3) is 4.53. The standard InChI is InChI=1S/C27H26N2O2/c1-20-25(27(30)28-17-16-21-10-5-3-6-11-21)19-26(22-12-9-15-24(18-22)31-2)29(20)23-13-7-4-8-14-23/h3-15,18-19H,16-17H2,1-2H3,(H,28,30). The van der Waals surface area contributed by atoms with E-state index in [-0.39, 0.29) is 5.91 Å². The first-order valence-electron chi connectivity index (χ1n) is 10.4. The Morgan fingerprint density at radius 1 is 0.903 bits per heavy atom. The van der Waals surface area contributed by atoms with E-state index in [1.807, 2.05) is 85.8 Å². The van der Waals surface area contributed by atoms with Crippen LogP contribution in [0.4, 0.5) is 0 Å². The van der Waals surface area contributed by atoms with Crippen LogP contribution in [0.5, 0.6) is 5.75 Å². The number of hydrogen-bond donors (Lipinski definition) is 1. The molecule has 31 heavy (non-hydrogen) atoms. The first kappa shape index (κ1) is 20.5. The number of methoxy groups -OCH3 is 1. The molecule has 4 aromatic rings. The number of hydrogen-bond acceptors (Lipinski definition) is 2. The van der Waals surface area contributed by atoms with Crippen molar-refractivity contribution in [2.24, 2.45) is 0 Å². The van der Waals surface area contributed by atoms with Crippen LogP contribution in [0.3, 0.4) is 0 Å². The van der Waals surface area contributed by atoms with Crippen LogP contribution in [0.25, 0.3) is 16.9 Å². The first-order chi connectivity index (χ1) is 15.2. The molecule has 0 spiro atoms. The van der Waals surface area contributed by atoms with Gasteiger partial charge in [0.05, 0.1) is 18.4 Å². The number of nitrogens with zero attached hydrogens (tertiary/aromatic N) is 1. The van der Waals surface area contributed by atoms with Crippen LogP contribution >= 0.6 is 0 Å². The summed E-state index contributed by atoms with van der Waals surface area (Å²) in [6.07, 6.45) is 0.799. The van der Waals surface area contributed by atoms with E-state index in [0.717, 1.165) is 34.8 Å². The molecular formula is C27H26N2O2. The molecule has 0 aliphatic heterocycles. The number of nitrogens with one attached hydrogen (secondary N) is 1. The lowest BCUT2D eigenvalue weighted by molar-refractivity contribution is 0.0953. The van der Waals surface area contributed by atoms with Gasteiger partial charge in [0.2, 0.25) is 0 Å². The van der Waals surface area contributed by atoms with E-state index in [9.17, 15) is 4.79 Å². The van der Waals surface area contributed by atoms with Crippen molar-refractivity contribution in [2.45, 2.75) is 13.3 Å². The minimum atomic E-state index is -0.0627. The smallest absolute Gasteiger partial charge is 0.253 e. The van der Waals surface area contributed by atoms with E-state index in [4.69, 9.17) is 4.74 Å². The molecule has 1 heterocycles. The maximum Gasteiger partial charge on any atom is 0.253 e. The summed E-state index contributed by atoms with van der Waals surface area (Å²) in [7, 11) is 1.66. The highest BCUT2D eigenvalue weighted by atomic mass is 16.5. The summed E-state index contributed by atoms with van der Waals surface area (Å²) in [5.41, 5.74) is 5.75. The fourth-order valence-corrected chi connectivity index (χ4v) is 3.80. The third-order valence-corrected chi connectivity index (χ3v) is 5.41. The molecule has 1 aromatic heterocycles. The zero-order valence-corrected chi connectivity index (χ0v) is 17.8. The number of carbonyl (C=O) groups excluding carboxylic acids is 1. The van der Waals surface area contributed by atoms with Gasteiger partial charge in [0.25, 0.3) is 5.91 Å². The zero-order chi connectivity index (χ0) is 21.6. The molecule has 0 fully saturated rings. The normalized spacial score (nSPS) is 10.6. The molecule has 4 nitrogen and oxygen atoms in total. The van der Waals surface area contributed by atoms with Gasteiger partial charge in [-0.15, -0.1) is 0 Å². The Labute approximate surface area is 183 Å². The number of para-hydroxylation sites is 1. The third-order valence-electron chi connectivity index (χ3n) is 5.41. The molecule has 0 saturated heterocycles. The minimum absolute atomic E-state index is 0.0627. The second-order valence-corrected chi connectivity index (χ2v) is 7.42. The summed E-state index contributed by atoms with van der Waals surface area (Å²) in [4.78, 5) is 13.1. The predicted molar refractivity (Wildman–Crippen MR) is 125 cm³/mol. The SMILES string of the molecule is COc1cccc(-c2cc(C(=O)NCCc3ccccc3)c(C)n2-c2ccccc2)c1. The molecule has 4 rings (SSSR count). The molecule has 0 saturated carbocycles. The zero-order valence-electron chi connectivity index (χ0n) is 17.8. The Hall–Kier alpha value is -3.79. The summed E-state index contributed by atoms with van der Waals surface area (Å²) in [5, 5.41) is 3.08. The summed E-state index contributed by atoms with van der Waals surface area (Å²) in [6, 6.07) is 30.2. The van der Waals surface area contributed by atoms with Crippen LogP contribution in [-0.4, -0.2) is 24.1 Å². The molecule has 1 amide bonds. The average Bonchev–Trinajstić information content (AvgIpc) is 3.17. The Morgan fingerprint density at radius 3 is 2.32 bits per heavy atom. The molecule has 4 heteroatoms. The van der Waals surface area contributed by atoms with E-state index in [1.165, 1.54) is 5.56 Å². The first-order valence-corrected chi connectivity index (χ1v) is 10.4. The lowest BCUT2D eigenvalue weighted by Crippen LogP contribution is -2.26. The van der Waals surface area contributed by atoms with Gasteiger partial charge < -0.3 is 14.6 Å². The highest BCUT2D eigenvalue weighted by molar-refractivity contribution is 5.97. The maximum absolute atomic E-state index is 13.1. The molecule has 156 valence electrons. The molecule has 0 unspecified atom stereocenters. The summed E-state index contributed by atoms with van der Waals surface area (Å²) >= 11 is 0. The number of ether oxygens (including phenoxy) is 1. The van der Waals surface area contributed by atoms with Crippen LogP contribution in [-0.2, 0) is 6.42 Å². The monoisotopic (exact) mass is 410 g/mol. The van der Waals surface area contributed by atoms with Crippen molar-refractivity contribution in [2.75, 3.05) is 13.7 Å². The van der Waals surface area contributed by atoms with Gasteiger partial charge in [-0.05, 0) is 49.2 Å². The largest absolute Gasteiger partial charge is 0.497 e. The fraction of sp³-hybridized carbons (Fsp3) is 0.148. The van der Waals surface area contributed by atoms with Gasteiger partial charge in [-0.3, -0.25) is 4.79 Å². The number of benzene rings is 3. The van der Waals surface area contributed by atoms with Gasteiger partial charge >= 0.3 is 0 Å². The second kappa shape index (κ2) is 9.35. The quantitative estimate of drug-likeness (QED) is 0.441. The van der Waals surface area contributed by atoms with Gasteiger partial charge in [-0.25, -0.2) is 0 Å². The maximum atomic E-state index is 13.1. The van der Waals surface area contributed by atoms with Gasteiger partial charge in [0, 0.05) is 23.5 Å². The lowest BCUT2D eigenvalue weighted by Gasteiger charge is -2.13. The summed E-state index contributed by atoms with van der Waals surface area (Å²) in [6.45, 7) is 2.58. The van der Waals surface area contributed by atoms with Gasteiger partial charge in [-0.1, -0.05) is 60.7 Å². The van der Waals surface area contributed by atoms with Crippen molar-refractivity contribution in [1.82, 2.24) is 9.88 Å². The second-order valence-electron chi connectivity index (χ2n) is 7.42. The highest BCUT2D eigenvalue weighted by Gasteiger charge is 2.19. The van der Waals surface area contributed by atoms with Crippen molar-refractivity contribution in [3.8, 4) is 22.7 Å². The van der Waals surface area contributed by atoms with Crippen LogP contribution < -0.4 is 10.1 Å². The van der Waals surface area contributed by atoms with Gasteiger partial charge in [0.1, 0.15) is 5.75 Å². The number of amides is 1. The van der Waals surface area contributed by atoms with Gasteiger partial charge in [0.15, 0.2) is 0 Å². The average molecular weight is 411 g/mol. The highest BCUT2D eigenvalue weighted by Crippen LogP contribution is 2.31. The summed E-state index contributed by atoms with van der Waals surface area (Å²) in [5.74, 6) is 0.720. The van der Waals surface area contributed by atoms with Crippen LogP contribution in [0, 0.1) is 6.92 Å². The molecule has 0 aliphatic carbocycles. The fourth-order valence-electron chi connectivity index (χ4n) is 3.80. The van der Waals surface area contributed by atoms with Crippen LogP contribution in [0.15, 0.2) is 91.0 Å². The topological polar surface area (TPSA) is 43.3 Å². The molecule has 3 aromatic carbocycles. The van der Waals surface area contributed by atoms with Crippen LogP contribution in [0.1, 0.15) is 21.6 Å². The van der Waals surface area contributed by atoms with E-state index < -0.39 is 0 Å². The minimum Gasteiger partial charge on any atom is -0.497 e. The Balaban J connectivity index is 1.67. The summed E-state index contributed by atoms with van der Waals surface area (Å²) < 4.78 is 7.54. The van der Waals surface area contributed by atoms with Crippen molar-refractivity contribution in [1.29, 1.82) is 0 Å². The lowest BCUT2D eigenvalue weighted by atomic mass is 10.1. The molecule has 0 atom stereocenters. The number of rotatable bonds is 7.